The molecule has 0 amide bonds. The fourth-order valence-electron chi connectivity index (χ4n) is 2.31. The van der Waals surface area contributed by atoms with Gasteiger partial charge in [0.1, 0.15) is 0 Å². The van der Waals surface area contributed by atoms with Crippen LogP contribution in [-0.4, -0.2) is 0 Å². The van der Waals surface area contributed by atoms with Gasteiger partial charge >= 0.3 is 0 Å². The van der Waals surface area contributed by atoms with Crippen molar-refractivity contribution in [2.24, 2.45) is 5.73 Å². The lowest BCUT2D eigenvalue weighted by Gasteiger charge is -2.11. The third kappa shape index (κ3) is 2.40. The Morgan fingerprint density at radius 3 is 2.06 bits per heavy atom. The molecule has 0 bridgehead atoms. The van der Waals surface area contributed by atoms with Crippen molar-refractivity contribution in [1.29, 1.82) is 0 Å². The molecule has 0 saturated heterocycles. The molecule has 1 nitrogen and oxygen atoms in total. The van der Waals surface area contributed by atoms with Gasteiger partial charge in [0, 0.05) is 6.54 Å². The third-order valence-corrected chi connectivity index (χ3v) is 3.25. The Labute approximate surface area is 103 Å². The highest BCUT2D eigenvalue weighted by atomic mass is 14.5. The van der Waals surface area contributed by atoms with Gasteiger partial charge in [0.25, 0.3) is 0 Å². The lowest BCUT2D eigenvalue weighted by molar-refractivity contribution is 1.03. The average Bonchev–Trinajstić information content (AvgIpc) is 2.28. The van der Waals surface area contributed by atoms with Gasteiger partial charge in [-0.15, -0.1) is 0 Å². The topological polar surface area (TPSA) is 26.0 Å². The van der Waals surface area contributed by atoms with Crippen molar-refractivity contribution in [3.05, 3.63) is 58.7 Å². The van der Waals surface area contributed by atoms with E-state index in [1.54, 1.807) is 0 Å². The van der Waals surface area contributed by atoms with E-state index in [4.69, 9.17) is 5.73 Å². The lowest BCUT2D eigenvalue weighted by atomic mass is 9.95. The summed E-state index contributed by atoms with van der Waals surface area (Å²) in [5.74, 6) is 0. The Morgan fingerprint density at radius 2 is 1.53 bits per heavy atom. The highest BCUT2D eigenvalue weighted by molar-refractivity contribution is 5.66. The van der Waals surface area contributed by atoms with Crippen molar-refractivity contribution in [1.82, 2.24) is 0 Å². The molecule has 2 aromatic carbocycles. The summed E-state index contributed by atoms with van der Waals surface area (Å²) in [7, 11) is 0. The second-order valence-electron chi connectivity index (χ2n) is 4.66. The number of rotatable bonds is 2. The molecule has 0 aliphatic carbocycles. The predicted molar refractivity (Wildman–Crippen MR) is 74.0 cm³/mol. The molecular weight excluding hydrogens is 206 g/mol. The van der Waals surface area contributed by atoms with Crippen molar-refractivity contribution in [2.75, 3.05) is 0 Å². The molecule has 0 unspecified atom stereocenters. The second-order valence-corrected chi connectivity index (χ2v) is 4.66. The van der Waals surface area contributed by atoms with E-state index < -0.39 is 0 Å². The Balaban J connectivity index is 2.54. The van der Waals surface area contributed by atoms with Gasteiger partial charge in [-0.25, -0.2) is 0 Å². The van der Waals surface area contributed by atoms with Crippen LogP contribution in [0, 0.1) is 20.8 Å². The first-order valence-electron chi connectivity index (χ1n) is 5.99. The van der Waals surface area contributed by atoms with Crippen LogP contribution in [0.25, 0.3) is 11.1 Å². The van der Waals surface area contributed by atoms with Crippen LogP contribution < -0.4 is 5.73 Å². The quantitative estimate of drug-likeness (QED) is 0.828. The highest BCUT2D eigenvalue weighted by Gasteiger charge is 2.05. The SMILES string of the molecule is Cc1cccc(-c2cc(C)c(CN)c(C)c2)c1. The molecule has 2 rings (SSSR count). The van der Waals surface area contributed by atoms with E-state index in [-0.39, 0.29) is 0 Å². The molecule has 0 atom stereocenters. The molecule has 2 aromatic rings. The van der Waals surface area contributed by atoms with Gasteiger partial charge in [-0.2, -0.15) is 0 Å². The van der Waals surface area contributed by atoms with Crippen LogP contribution in [0.4, 0.5) is 0 Å². The molecular formula is C16H19N. The summed E-state index contributed by atoms with van der Waals surface area (Å²) in [6.07, 6.45) is 0. The van der Waals surface area contributed by atoms with Crippen molar-refractivity contribution < 1.29 is 0 Å². The molecule has 0 radical (unpaired) electrons. The summed E-state index contributed by atoms with van der Waals surface area (Å²) in [5.41, 5.74) is 13.4. The molecule has 0 saturated carbocycles. The van der Waals surface area contributed by atoms with Crippen LogP contribution in [0.15, 0.2) is 36.4 Å². The minimum absolute atomic E-state index is 0.617. The van der Waals surface area contributed by atoms with Gasteiger partial charge in [-0.05, 0) is 48.6 Å². The molecule has 1 heteroatoms. The van der Waals surface area contributed by atoms with Gasteiger partial charge in [0.2, 0.25) is 0 Å². The summed E-state index contributed by atoms with van der Waals surface area (Å²) in [6, 6.07) is 13.1. The second kappa shape index (κ2) is 4.72. The first kappa shape index (κ1) is 11.9. The minimum atomic E-state index is 0.617. The van der Waals surface area contributed by atoms with Crippen LogP contribution in [0.3, 0.4) is 0 Å². The maximum Gasteiger partial charge on any atom is 0.0183 e. The standard InChI is InChI=1S/C16H19N/c1-11-5-4-6-14(7-11)15-8-12(2)16(10-17)13(3)9-15/h4-9H,10,17H2,1-3H3. The summed E-state index contributed by atoms with van der Waals surface area (Å²) < 4.78 is 0. The van der Waals surface area contributed by atoms with Crippen molar-refractivity contribution in [2.45, 2.75) is 27.3 Å². The van der Waals surface area contributed by atoms with Gasteiger partial charge in [0.05, 0.1) is 0 Å². The predicted octanol–water partition coefficient (Wildman–Crippen LogP) is 3.74. The van der Waals surface area contributed by atoms with Crippen molar-refractivity contribution in [3.8, 4) is 11.1 Å². The van der Waals surface area contributed by atoms with E-state index in [2.05, 4.69) is 57.2 Å². The number of hydrogen-bond donors (Lipinski definition) is 1. The summed E-state index contributed by atoms with van der Waals surface area (Å²) >= 11 is 0. The molecule has 2 N–H and O–H groups in total. The molecule has 0 heterocycles. The largest absolute Gasteiger partial charge is 0.326 e. The molecule has 0 spiro atoms. The Morgan fingerprint density at radius 1 is 0.882 bits per heavy atom. The van der Waals surface area contributed by atoms with Crippen LogP contribution in [0.5, 0.6) is 0 Å². The van der Waals surface area contributed by atoms with Gasteiger partial charge in [-0.3, -0.25) is 0 Å². The van der Waals surface area contributed by atoms with E-state index >= 15 is 0 Å². The molecule has 0 aromatic heterocycles. The highest BCUT2D eigenvalue weighted by Crippen LogP contribution is 2.25. The van der Waals surface area contributed by atoms with Gasteiger partial charge in [-0.1, -0.05) is 42.0 Å². The zero-order valence-corrected chi connectivity index (χ0v) is 10.7. The molecule has 88 valence electrons. The number of benzene rings is 2. The van der Waals surface area contributed by atoms with Crippen LogP contribution in [0.1, 0.15) is 22.3 Å². The number of hydrogen-bond acceptors (Lipinski definition) is 1. The number of aryl methyl sites for hydroxylation is 3. The minimum Gasteiger partial charge on any atom is -0.326 e. The zero-order chi connectivity index (χ0) is 12.4. The first-order valence-corrected chi connectivity index (χ1v) is 5.99. The van der Waals surface area contributed by atoms with Crippen LogP contribution >= 0.6 is 0 Å². The van der Waals surface area contributed by atoms with Crippen molar-refractivity contribution in [3.63, 3.8) is 0 Å². The Hall–Kier alpha value is -1.60. The molecule has 0 fully saturated rings. The summed E-state index contributed by atoms with van der Waals surface area (Å²) in [5, 5.41) is 0. The van der Waals surface area contributed by atoms with Crippen molar-refractivity contribution >= 4 is 0 Å². The first-order chi connectivity index (χ1) is 8.11. The molecule has 0 aliphatic heterocycles. The lowest BCUT2D eigenvalue weighted by Crippen LogP contribution is -2.02. The fraction of sp³-hybridized carbons (Fsp3) is 0.250. The third-order valence-electron chi connectivity index (χ3n) is 3.25. The average molecular weight is 225 g/mol. The van der Waals surface area contributed by atoms with Gasteiger partial charge in [0.15, 0.2) is 0 Å². The Kier molecular flexibility index (Phi) is 3.30. The number of nitrogens with two attached hydrogens (primary N) is 1. The molecule has 0 aliphatic rings. The van der Waals surface area contributed by atoms with E-state index in [0.717, 1.165) is 0 Å². The summed E-state index contributed by atoms with van der Waals surface area (Å²) in [4.78, 5) is 0. The van der Waals surface area contributed by atoms with Crippen LogP contribution in [-0.2, 0) is 6.54 Å². The van der Waals surface area contributed by atoms with E-state index in [1.165, 1.54) is 33.4 Å². The van der Waals surface area contributed by atoms with Gasteiger partial charge < -0.3 is 5.73 Å². The monoisotopic (exact) mass is 225 g/mol. The summed E-state index contributed by atoms with van der Waals surface area (Å²) in [6.45, 7) is 7.01. The van der Waals surface area contributed by atoms with E-state index in [0.29, 0.717) is 6.54 Å². The van der Waals surface area contributed by atoms with E-state index in [9.17, 15) is 0 Å². The fourth-order valence-corrected chi connectivity index (χ4v) is 2.31. The molecule has 17 heavy (non-hydrogen) atoms. The Bertz CT molecular complexity index is 518. The normalized spacial score (nSPS) is 10.6. The zero-order valence-electron chi connectivity index (χ0n) is 10.7. The maximum absolute atomic E-state index is 5.76. The maximum atomic E-state index is 5.76. The van der Waals surface area contributed by atoms with E-state index in [1.807, 2.05) is 0 Å². The smallest absolute Gasteiger partial charge is 0.0183 e. The van der Waals surface area contributed by atoms with Crippen LogP contribution in [0.2, 0.25) is 0 Å².